The zero-order valence-corrected chi connectivity index (χ0v) is 18.7. The number of para-hydroxylation sites is 1. The largest absolute Gasteiger partial charge is 0.332 e. The maximum Gasteiger partial charge on any atom is 0.332 e. The number of imidazole rings is 1. The predicted octanol–water partition coefficient (Wildman–Crippen LogP) is 1.67. The second-order valence-corrected chi connectivity index (χ2v) is 8.52. The number of nitrogens with zero attached hydrogens (tertiary/aromatic N) is 7. The lowest BCUT2D eigenvalue weighted by atomic mass is 10.3. The molecule has 4 aromatic heterocycles. The summed E-state index contributed by atoms with van der Waals surface area (Å²) >= 11 is 1.41. The molecule has 0 saturated heterocycles. The molecule has 0 N–H and O–H groups in total. The van der Waals surface area contributed by atoms with Crippen LogP contribution in [0.1, 0.15) is 5.69 Å². The van der Waals surface area contributed by atoms with Gasteiger partial charge in [0.15, 0.2) is 16.3 Å². The van der Waals surface area contributed by atoms with Gasteiger partial charge in [-0.15, -0.1) is 0 Å². The number of benzene rings is 1. The minimum atomic E-state index is -0.505. The molecule has 0 atom stereocenters. The first-order chi connectivity index (χ1) is 15.9. The molecule has 166 valence electrons. The molecule has 1 aromatic carbocycles. The Morgan fingerprint density at radius 2 is 1.82 bits per heavy atom. The smallest absolute Gasteiger partial charge is 0.315 e. The molecule has 0 unspecified atom stereocenters. The summed E-state index contributed by atoms with van der Waals surface area (Å²) in [5, 5.41) is 0.538. The summed E-state index contributed by atoms with van der Waals surface area (Å²) in [6, 6.07) is 13.2. The van der Waals surface area contributed by atoms with Crippen molar-refractivity contribution in [3.05, 3.63) is 81.5 Å². The fourth-order valence-corrected chi connectivity index (χ4v) is 4.62. The fraction of sp³-hybridized carbons (Fsp3) is 0.182. The van der Waals surface area contributed by atoms with Crippen molar-refractivity contribution in [1.29, 1.82) is 0 Å². The van der Waals surface area contributed by atoms with E-state index in [0.717, 1.165) is 14.8 Å². The zero-order chi connectivity index (χ0) is 23.1. The Morgan fingerprint density at radius 3 is 2.58 bits per heavy atom. The van der Waals surface area contributed by atoms with E-state index in [2.05, 4.69) is 15.0 Å². The zero-order valence-electron chi connectivity index (χ0n) is 17.9. The van der Waals surface area contributed by atoms with Crippen molar-refractivity contribution in [3.63, 3.8) is 0 Å². The first-order valence-electron chi connectivity index (χ1n) is 10.1. The number of aryl methyl sites for hydroxylation is 1. The lowest BCUT2D eigenvalue weighted by molar-refractivity contribution is -0.119. The van der Waals surface area contributed by atoms with Gasteiger partial charge in [-0.05, 0) is 24.3 Å². The normalized spacial score (nSPS) is 11.3. The van der Waals surface area contributed by atoms with Gasteiger partial charge in [0.2, 0.25) is 5.91 Å². The molecule has 5 rings (SSSR count). The van der Waals surface area contributed by atoms with Gasteiger partial charge >= 0.3 is 5.69 Å². The van der Waals surface area contributed by atoms with Gasteiger partial charge in [0, 0.05) is 20.3 Å². The Hall–Kier alpha value is -4.12. The average molecular weight is 462 g/mol. The van der Waals surface area contributed by atoms with Crippen molar-refractivity contribution in [2.45, 2.75) is 13.1 Å². The van der Waals surface area contributed by atoms with Gasteiger partial charge in [0.05, 0.1) is 28.8 Å². The van der Waals surface area contributed by atoms with Crippen LogP contribution in [0.4, 0.5) is 5.13 Å². The van der Waals surface area contributed by atoms with Crippen LogP contribution in [0.3, 0.4) is 0 Å². The van der Waals surface area contributed by atoms with Crippen LogP contribution in [0.2, 0.25) is 0 Å². The highest BCUT2D eigenvalue weighted by Crippen LogP contribution is 2.29. The number of hydrogen-bond donors (Lipinski definition) is 0. The summed E-state index contributed by atoms with van der Waals surface area (Å²) in [4.78, 5) is 53.2. The topological polar surface area (TPSA) is 108 Å². The Morgan fingerprint density at radius 1 is 1.03 bits per heavy atom. The number of fused-ring (bicyclic) bond motifs is 2. The van der Waals surface area contributed by atoms with Gasteiger partial charge in [-0.3, -0.25) is 28.6 Å². The molecule has 10 nitrogen and oxygen atoms in total. The van der Waals surface area contributed by atoms with Crippen LogP contribution in [0.5, 0.6) is 0 Å². The first kappa shape index (κ1) is 20.8. The number of hydrogen-bond acceptors (Lipinski definition) is 7. The Labute approximate surface area is 191 Å². The second kappa shape index (κ2) is 8.10. The summed E-state index contributed by atoms with van der Waals surface area (Å²) in [7, 11) is 2.94. The summed E-state index contributed by atoms with van der Waals surface area (Å²) in [6.07, 6.45) is 3.07. The Balaban J connectivity index is 1.56. The molecule has 1 amide bonds. The maximum absolute atomic E-state index is 13.5. The molecular formula is C22H19N7O3S. The van der Waals surface area contributed by atoms with E-state index in [1.165, 1.54) is 40.9 Å². The van der Waals surface area contributed by atoms with Crippen molar-refractivity contribution in [2.24, 2.45) is 14.1 Å². The number of anilines is 1. The van der Waals surface area contributed by atoms with Gasteiger partial charge < -0.3 is 4.57 Å². The molecule has 5 aromatic rings. The third-order valence-electron chi connectivity index (χ3n) is 5.38. The Bertz CT molecular complexity index is 1580. The molecule has 4 heterocycles. The maximum atomic E-state index is 13.5. The second-order valence-electron chi connectivity index (χ2n) is 7.52. The molecule has 0 fully saturated rings. The van der Waals surface area contributed by atoms with Crippen LogP contribution >= 0.6 is 11.3 Å². The number of carbonyl (C=O) groups excluding carboxylic acids is 1. The number of aromatic nitrogens is 6. The van der Waals surface area contributed by atoms with E-state index < -0.39 is 11.2 Å². The number of carbonyl (C=O) groups is 1. The summed E-state index contributed by atoms with van der Waals surface area (Å²) < 4.78 is 4.72. The molecule has 0 saturated carbocycles. The molecule has 33 heavy (non-hydrogen) atoms. The minimum absolute atomic E-state index is 0.146. The summed E-state index contributed by atoms with van der Waals surface area (Å²) in [6.45, 7) is 0.0787. The van der Waals surface area contributed by atoms with E-state index in [-0.39, 0.29) is 30.2 Å². The van der Waals surface area contributed by atoms with E-state index >= 15 is 0 Å². The van der Waals surface area contributed by atoms with Crippen LogP contribution in [-0.4, -0.2) is 34.6 Å². The SMILES string of the molecule is Cn1c(=O)c2c(ncn2CC(=O)N(Cc2ccccn2)c2nc3ccccc3s2)n(C)c1=O. The van der Waals surface area contributed by atoms with E-state index in [1.54, 1.807) is 11.1 Å². The van der Waals surface area contributed by atoms with Gasteiger partial charge in [-0.1, -0.05) is 29.5 Å². The quantitative estimate of drug-likeness (QED) is 0.394. The van der Waals surface area contributed by atoms with Crippen LogP contribution in [0.25, 0.3) is 21.4 Å². The Kier molecular flexibility index (Phi) is 5.09. The third-order valence-corrected chi connectivity index (χ3v) is 6.44. The molecule has 0 aliphatic heterocycles. The highest BCUT2D eigenvalue weighted by Gasteiger charge is 2.23. The first-order valence-corrected chi connectivity index (χ1v) is 10.9. The minimum Gasteiger partial charge on any atom is -0.315 e. The van der Waals surface area contributed by atoms with Gasteiger partial charge in [0.1, 0.15) is 6.54 Å². The lowest BCUT2D eigenvalue weighted by Crippen LogP contribution is -2.38. The van der Waals surface area contributed by atoms with Crippen LogP contribution in [0, 0.1) is 0 Å². The summed E-state index contributed by atoms with van der Waals surface area (Å²) in [5.74, 6) is -0.282. The van der Waals surface area contributed by atoms with Crippen molar-refractivity contribution < 1.29 is 4.79 Å². The van der Waals surface area contributed by atoms with E-state index in [1.807, 2.05) is 42.5 Å². The average Bonchev–Trinajstić information content (AvgIpc) is 3.44. The highest BCUT2D eigenvalue weighted by molar-refractivity contribution is 7.22. The molecule has 11 heteroatoms. The molecule has 0 bridgehead atoms. The highest BCUT2D eigenvalue weighted by atomic mass is 32.1. The van der Waals surface area contributed by atoms with Crippen molar-refractivity contribution in [3.8, 4) is 0 Å². The van der Waals surface area contributed by atoms with Crippen molar-refractivity contribution >= 4 is 43.8 Å². The number of pyridine rings is 1. The van der Waals surface area contributed by atoms with Gasteiger partial charge in [-0.2, -0.15) is 0 Å². The number of amides is 1. The van der Waals surface area contributed by atoms with Crippen LogP contribution in [0.15, 0.2) is 64.6 Å². The molecule has 0 radical (unpaired) electrons. The summed E-state index contributed by atoms with van der Waals surface area (Å²) in [5.41, 5.74) is 0.944. The van der Waals surface area contributed by atoms with Crippen LogP contribution in [-0.2, 0) is 32.0 Å². The standard InChI is InChI=1S/C22H19N7O3S/c1-26-19-18(20(31)27(2)22(26)32)28(13-24-19)12-17(30)29(11-14-7-5-6-10-23-14)21-25-15-8-3-4-9-16(15)33-21/h3-10,13H,11-12H2,1-2H3. The van der Waals surface area contributed by atoms with E-state index in [9.17, 15) is 14.4 Å². The predicted molar refractivity (Wildman–Crippen MR) is 125 cm³/mol. The monoisotopic (exact) mass is 461 g/mol. The molecule has 0 spiro atoms. The lowest BCUT2D eigenvalue weighted by Gasteiger charge is -2.20. The van der Waals surface area contributed by atoms with Crippen molar-refractivity contribution in [2.75, 3.05) is 4.90 Å². The van der Waals surface area contributed by atoms with Crippen LogP contribution < -0.4 is 16.1 Å². The third kappa shape index (κ3) is 3.61. The number of rotatable bonds is 5. The molecule has 0 aliphatic carbocycles. The van der Waals surface area contributed by atoms with E-state index in [4.69, 9.17) is 0 Å². The molecule has 0 aliphatic rings. The van der Waals surface area contributed by atoms with Gasteiger partial charge in [0.25, 0.3) is 5.56 Å². The van der Waals surface area contributed by atoms with E-state index in [0.29, 0.717) is 10.8 Å². The molecular weight excluding hydrogens is 442 g/mol. The number of thiazole rings is 1. The van der Waals surface area contributed by atoms with Gasteiger partial charge in [-0.25, -0.2) is 14.8 Å². The van der Waals surface area contributed by atoms with Crippen molar-refractivity contribution in [1.82, 2.24) is 28.7 Å². The fourth-order valence-electron chi connectivity index (χ4n) is 3.64.